The molecule has 0 bridgehead atoms. The molecule has 0 aliphatic carbocycles. The Morgan fingerprint density at radius 1 is 0.306 bits per heavy atom. The van der Waals surface area contributed by atoms with E-state index in [1.807, 2.05) is 11.3 Å². The maximum absolute atomic E-state index is 2.43. The van der Waals surface area contributed by atoms with E-state index < -0.39 is 0 Å². The van der Waals surface area contributed by atoms with Crippen LogP contribution < -0.4 is 0 Å². The smallest absolute Gasteiger partial charge is 0.0541 e. The molecule has 0 unspecified atom stereocenters. The SMILES string of the molecule is c1ccc(-n2c3ccccc3c3cc(-c4ccc5c(c4)c4ccccc4n5-c4ccc5cc6sc7ccccc7c6cc5c4)ccc32)cc1. The van der Waals surface area contributed by atoms with Gasteiger partial charge in [-0.1, -0.05) is 91.0 Å². The van der Waals surface area contributed by atoms with Gasteiger partial charge in [0, 0.05) is 53.1 Å². The molecule has 8 aromatic carbocycles. The second-order valence-electron chi connectivity index (χ2n) is 13.0. The summed E-state index contributed by atoms with van der Waals surface area (Å²) in [6.45, 7) is 0. The van der Waals surface area contributed by atoms with E-state index in [4.69, 9.17) is 0 Å². The lowest BCUT2D eigenvalue weighted by Gasteiger charge is -2.10. The number of nitrogens with zero attached hydrogens (tertiary/aromatic N) is 2. The molecule has 3 heteroatoms. The minimum Gasteiger partial charge on any atom is -0.309 e. The van der Waals surface area contributed by atoms with Crippen LogP contribution in [0.5, 0.6) is 0 Å². The van der Waals surface area contributed by atoms with Crippen LogP contribution >= 0.6 is 11.3 Å². The summed E-state index contributed by atoms with van der Waals surface area (Å²) in [4.78, 5) is 0. The molecule has 0 fully saturated rings. The van der Waals surface area contributed by atoms with Gasteiger partial charge in [-0.05, 0) is 101 Å². The van der Waals surface area contributed by atoms with Crippen molar-refractivity contribution < 1.29 is 0 Å². The number of thiophene rings is 1. The van der Waals surface area contributed by atoms with E-state index in [0.717, 1.165) is 0 Å². The van der Waals surface area contributed by atoms with Gasteiger partial charge >= 0.3 is 0 Å². The first kappa shape index (κ1) is 26.9. The number of para-hydroxylation sites is 3. The van der Waals surface area contributed by atoms with E-state index >= 15 is 0 Å². The monoisotopic (exact) mass is 640 g/mol. The van der Waals surface area contributed by atoms with Crippen molar-refractivity contribution in [3.05, 3.63) is 170 Å². The van der Waals surface area contributed by atoms with Gasteiger partial charge in [-0.25, -0.2) is 0 Å². The van der Waals surface area contributed by atoms with E-state index in [1.165, 1.54) is 97.1 Å². The standard InChI is InChI=1S/C46H28N2S/c1-2-10-33(11-3-1)47-41-15-7-4-12-35(41)38-25-29(19-22-43(38)47)30-20-23-44-39(26-30)36-13-5-8-16-42(36)48(44)34-21-18-31-28-46-40(27-32(31)24-34)37-14-6-9-17-45(37)49-46/h1-28H. The highest BCUT2D eigenvalue weighted by Crippen LogP contribution is 2.40. The summed E-state index contributed by atoms with van der Waals surface area (Å²) in [7, 11) is 0. The highest BCUT2D eigenvalue weighted by Gasteiger charge is 2.16. The highest BCUT2D eigenvalue weighted by molar-refractivity contribution is 7.25. The van der Waals surface area contributed by atoms with Crippen molar-refractivity contribution in [3.63, 3.8) is 0 Å². The Balaban J connectivity index is 1.09. The lowest BCUT2D eigenvalue weighted by molar-refractivity contribution is 1.18. The van der Waals surface area contributed by atoms with Crippen molar-refractivity contribution in [1.82, 2.24) is 9.13 Å². The van der Waals surface area contributed by atoms with Crippen molar-refractivity contribution in [2.75, 3.05) is 0 Å². The third kappa shape index (κ3) is 3.94. The molecule has 228 valence electrons. The summed E-state index contributed by atoms with van der Waals surface area (Å²) in [5.41, 5.74) is 9.68. The van der Waals surface area contributed by atoms with Gasteiger partial charge in [0.25, 0.3) is 0 Å². The quantitative estimate of drug-likeness (QED) is 0.182. The maximum Gasteiger partial charge on any atom is 0.0541 e. The molecule has 0 saturated heterocycles. The van der Waals surface area contributed by atoms with Gasteiger partial charge in [-0.3, -0.25) is 0 Å². The van der Waals surface area contributed by atoms with Crippen LogP contribution in [0.15, 0.2) is 170 Å². The third-order valence-electron chi connectivity index (χ3n) is 10.3. The minimum absolute atomic E-state index is 1.18. The van der Waals surface area contributed by atoms with Gasteiger partial charge in [0.2, 0.25) is 0 Å². The van der Waals surface area contributed by atoms with Gasteiger partial charge in [0.1, 0.15) is 0 Å². The molecule has 0 atom stereocenters. The molecule has 0 aliphatic rings. The Morgan fingerprint density at radius 2 is 0.878 bits per heavy atom. The molecule has 0 amide bonds. The number of fused-ring (bicyclic) bond motifs is 10. The summed E-state index contributed by atoms with van der Waals surface area (Å²) < 4.78 is 7.49. The van der Waals surface area contributed by atoms with Crippen LogP contribution in [0.4, 0.5) is 0 Å². The van der Waals surface area contributed by atoms with Gasteiger partial charge in [-0.15, -0.1) is 11.3 Å². The molecule has 0 aliphatic heterocycles. The van der Waals surface area contributed by atoms with Crippen LogP contribution in [-0.2, 0) is 0 Å². The summed E-state index contributed by atoms with van der Waals surface area (Å²) in [6, 6.07) is 62.5. The molecule has 0 radical (unpaired) electrons. The lowest BCUT2D eigenvalue weighted by atomic mass is 10.0. The number of hydrogen-bond acceptors (Lipinski definition) is 1. The largest absolute Gasteiger partial charge is 0.309 e. The average Bonchev–Trinajstić information content (AvgIpc) is 3.81. The fourth-order valence-electron chi connectivity index (χ4n) is 8.03. The Bertz CT molecular complexity index is 3100. The fraction of sp³-hybridized carbons (Fsp3) is 0. The summed E-state index contributed by atoms with van der Waals surface area (Å²) in [5, 5.41) is 10.3. The molecule has 0 N–H and O–H groups in total. The normalized spacial score (nSPS) is 12.1. The van der Waals surface area contributed by atoms with Crippen molar-refractivity contribution in [1.29, 1.82) is 0 Å². The van der Waals surface area contributed by atoms with Crippen LogP contribution in [0.2, 0.25) is 0 Å². The second-order valence-corrected chi connectivity index (χ2v) is 14.1. The van der Waals surface area contributed by atoms with Crippen LogP contribution in [0.3, 0.4) is 0 Å². The van der Waals surface area contributed by atoms with Crippen molar-refractivity contribution in [2.24, 2.45) is 0 Å². The first-order valence-corrected chi connectivity index (χ1v) is 17.6. The molecule has 2 nitrogen and oxygen atoms in total. The molecule has 11 aromatic rings. The maximum atomic E-state index is 2.43. The van der Waals surface area contributed by atoms with Gasteiger partial charge in [0.15, 0.2) is 0 Å². The summed E-state index contributed by atoms with van der Waals surface area (Å²) in [6.07, 6.45) is 0. The summed E-state index contributed by atoms with van der Waals surface area (Å²) >= 11 is 1.88. The Kier molecular flexibility index (Phi) is 5.57. The molecule has 3 heterocycles. The Morgan fingerprint density at radius 3 is 1.57 bits per heavy atom. The zero-order valence-corrected chi connectivity index (χ0v) is 27.3. The van der Waals surface area contributed by atoms with E-state index in [2.05, 4.69) is 179 Å². The Hall–Kier alpha value is -6.16. The van der Waals surface area contributed by atoms with Crippen LogP contribution in [0.1, 0.15) is 0 Å². The van der Waals surface area contributed by atoms with Crippen LogP contribution in [0, 0.1) is 0 Å². The number of benzene rings is 8. The zero-order valence-electron chi connectivity index (χ0n) is 26.5. The lowest BCUT2D eigenvalue weighted by Crippen LogP contribution is -1.94. The van der Waals surface area contributed by atoms with E-state index in [1.54, 1.807) is 0 Å². The first-order chi connectivity index (χ1) is 24.3. The second kappa shape index (κ2) is 10.2. The van der Waals surface area contributed by atoms with Gasteiger partial charge < -0.3 is 9.13 Å². The summed E-state index contributed by atoms with van der Waals surface area (Å²) in [5.74, 6) is 0. The molecular weight excluding hydrogens is 613 g/mol. The first-order valence-electron chi connectivity index (χ1n) is 16.8. The molecule has 49 heavy (non-hydrogen) atoms. The van der Waals surface area contributed by atoms with Crippen molar-refractivity contribution >= 4 is 85.9 Å². The number of aromatic nitrogens is 2. The molecule has 0 spiro atoms. The van der Waals surface area contributed by atoms with Crippen molar-refractivity contribution in [3.8, 4) is 22.5 Å². The molecule has 3 aromatic heterocycles. The van der Waals surface area contributed by atoms with Crippen LogP contribution in [-0.4, -0.2) is 9.13 Å². The number of hydrogen-bond donors (Lipinski definition) is 0. The zero-order chi connectivity index (χ0) is 32.1. The molecular formula is C46H28N2S. The van der Waals surface area contributed by atoms with Gasteiger partial charge in [0.05, 0.1) is 22.1 Å². The van der Waals surface area contributed by atoms with Gasteiger partial charge in [-0.2, -0.15) is 0 Å². The van der Waals surface area contributed by atoms with Crippen LogP contribution in [0.25, 0.3) is 97.1 Å². The number of rotatable bonds is 3. The minimum atomic E-state index is 1.18. The van der Waals surface area contributed by atoms with Crippen molar-refractivity contribution in [2.45, 2.75) is 0 Å². The Labute approximate surface area is 286 Å². The highest BCUT2D eigenvalue weighted by atomic mass is 32.1. The van der Waals surface area contributed by atoms with E-state index in [0.29, 0.717) is 0 Å². The molecule has 0 saturated carbocycles. The molecule has 11 rings (SSSR count). The fourth-order valence-corrected chi connectivity index (χ4v) is 9.17. The van der Waals surface area contributed by atoms with E-state index in [-0.39, 0.29) is 0 Å². The van der Waals surface area contributed by atoms with E-state index in [9.17, 15) is 0 Å². The topological polar surface area (TPSA) is 9.86 Å². The average molecular weight is 641 g/mol. The third-order valence-corrected chi connectivity index (χ3v) is 11.4. The predicted molar refractivity (Wildman–Crippen MR) is 211 cm³/mol. The predicted octanol–water partition coefficient (Wildman–Crippen LogP) is 13.1.